The average Bonchev–Trinajstić information content (AvgIpc) is 2.53. The van der Waals surface area contributed by atoms with Gasteiger partial charge in [-0.3, -0.25) is 0 Å². The van der Waals surface area contributed by atoms with Crippen LogP contribution >= 0.6 is 0 Å². The topological polar surface area (TPSA) is 60.7 Å². The summed E-state index contributed by atoms with van der Waals surface area (Å²) in [4.78, 5) is 0. The molecule has 0 heterocycles. The summed E-state index contributed by atoms with van der Waals surface area (Å²) >= 11 is 0. The molecule has 3 N–H and O–H groups in total. The number of hydrogen-bond donors (Lipinski definition) is 3. The lowest BCUT2D eigenvalue weighted by Gasteiger charge is -2.29. The second kappa shape index (κ2) is 7.30. The summed E-state index contributed by atoms with van der Waals surface area (Å²) in [5.41, 5.74) is 3.54. The third-order valence-electron chi connectivity index (χ3n) is 4.85. The maximum absolute atomic E-state index is 10.9. The van der Waals surface area contributed by atoms with Crippen LogP contribution in [0.25, 0.3) is 6.08 Å². The maximum Gasteiger partial charge on any atom is 0.157 e. The summed E-state index contributed by atoms with van der Waals surface area (Å²) in [6, 6.07) is 8.96. The molecule has 0 aromatic heterocycles. The fourth-order valence-electron chi connectivity index (χ4n) is 3.07. The monoisotopic (exact) mass is 368 g/mol. The van der Waals surface area contributed by atoms with Crippen LogP contribution in [0.4, 0.5) is 0 Å². The van der Waals surface area contributed by atoms with Gasteiger partial charge in [0.05, 0.1) is 0 Å². The number of aromatic hydroxyl groups is 3. The number of phenolic OH excluding ortho intramolecular Hbond substituents is 3. The first-order valence-electron chi connectivity index (χ1n) is 9.38. The summed E-state index contributed by atoms with van der Waals surface area (Å²) in [6.07, 6.45) is 4.00. The van der Waals surface area contributed by atoms with Crippen LogP contribution in [0.3, 0.4) is 0 Å². The summed E-state index contributed by atoms with van der Waals surface area (Å²) in [7, 11) is 0. The molecule has 0 bridgehead atoms. The highest BCUT2D eigenvalue weighted by Crippen LogP contribution is 2.41. The van der Waals surface area contributed by atoms with Gasteiger partial charge in [-0.15, -0.1) is 0 Å². The Kier molecular flexibility index (Phi) is 5.65. The average molecular weight is 369 g/mol. The van der Waals surface area contributed by atoms with Gasteiger partial charge in [-0.1, -0.05) is 78.8 Å². The van der Waals surface area contributed by atoms with Gasteiger partial charge in [0.1, 0.15) is 5.75 Å². The molecule has 3 heteroatoms. The smallest absolute Gasteiger partial charge is 0.157 e. The Bertz CT molecular complexity index is 814. The van der Waals surface area contributed by atoms with Crippen LogP contribution in [0.5, 0.6) is 17.2 Å². The first-order chi connectivity index (χ1) is 12.3. The minimum absolute atomic E-state index is 0.122. The zero-order valence-corrected chi connectivity index (χ0v) is 17.5. The van der Waals surface area contributed by atoms with E-state index in [2.05, 4.69) is 66.7 Å². The molecule has 3 nitrogen and oxygen atoms in total. The fourth-order valence-corrected chi connectivity index (χ4v) is 3.07. The summed E-state index contributed by atoms with van der Waals surface area (Å²) in [6.45, 7) is 14.8. The molecule has 0 radical (unpaired) electrons. The zero-order valence-electron chi connectivity index (χ0n) is 17.5. The van der Waals surface area contributed by atoms with Crippen molar-refractivity contribution in [3.05, 3.63) is 58.7 Å². The van der Waals surface area contributed by atoms with Crippen molar-refractivity contribution >= 4 is 6.08 Å². The highest BCUT2D eigenvalue weighted by molar-refractivity contribution is 5.57. The lowest BCUT2D eigenvalue weighted by Crippen LogP contribution is -2.18. The van der Waals surface area contributed by atoms with E-state index in [0.717, 1.165) is 22.3 Å². The van der Waals surface area contributed by atoms with E-state index >= 15 is 0 Å². The first kappa shape index (κ1) is 20.9. The van der Waals surface area contributed by atoms with Crippen molar-refractivity contribution in [1.29, 1.82) is 0 Å². The molecule has 1 atom stereocenters. The van der Waals surface area contributed by atoms with Crippen LogP contribution < -0.4 is 0 Å². The molecule has 0 amide bonds. The highest BCUT2D eigenvalue weighted by Gasteiger charge is 2.27. The van der Waals surface area contributed by atoms with Gasteiger partial charge in [0.2, 0.25) is 0 Å². The maximum atomic E-state index is 10.9. The van der Waals surface area contributed by atoms with E-state index in [-0.39, 0.29) is 28.2 Å². The summed E-state index contributed by atoms with van der Waals surface area (Å²) in [5, 5.41) is 30.0. The molecule has 146 valence electrons. The van der Waals surface area contributed by atoms with E-state index in [1.165, 1.54) is 12.1 Å². The lowest BCUT2D eigenvalue weighted by molar-refractivity contribution is 0.403. The Morgan fingerprint density at radius 3 is 1.74 bits per heavy atom. The Morgan fingerprint density at radius 2 is 1.30 bits per heavy atom. The lowest BCUT2D eigenvalue weighted by atomic mass is 9.77. The van der Waals surface area contributed by atoms with Gasteiger partial charge >= 0.3 is 0 Å². The van der Waals surface area contributed by atoms with E-state index in [1.807, 2.05) is 6.08 Å². The zero-order chi connectivity index (χ0) is 20.6. The second-order valence-corrected chi connectivity index (χ2v) is 9.36. The molecular weight excluding hydrogens is 336 g/mol. The molecule has 2 aromatic carbocycles. The van der Waals surface area contributed by atoms with E-state index < -0.39 is 0 Å². The molecule has 2 aromatic rings. The van der Waals surface area contributed by atoms with Crippen molar-refractivity contribution in [2.24, 2.45) is 0 Å². The van der Waals surface area contributed by atoms with Crippen LogP contribution in [0.2, 0.25) is 0 Å². The van der Waals surface area contributed by atoms with Gasteiger partial charge in [0.25, 0.3) is 0 Å². The van der Waals surface area contributed by atoms with Gasteiger partial charge < -0.3 is 15.3 Å². The third kappa shape index (κ3) is 4.85. The number of hydrogen-bond acceptors (Lipinski definition) is 3. The molecule has 0 spiro atoms. The van der Waals surface area contributed by atoms with E-state index in [9.17, 15) is 15.3 Å². The van der Waals surface area contributed by atoms with Crippen molar-refractivity contribution in [1.82, 2.24) is 0 Å². The number of phenols is 3. The number of allylic oxidation sites excluding steroid dienone is 1. The van der Waals surface area contributed by atoms with Gasteiger partial charge in [-0.05, 0) is 51.1 Å². The van der Waals surface area contributed by atoms with Crippen LogP contribution in [-0.2, 0) is 10.8 Å². The van der Waals surface area contributed by atoms with Crippen molar-refractivity contribution in [2.45, 2.75) is 65.2 Å². The number of rotatable bonds is 3. The van der Waals surface area contributed by atoms with Crippen molar-refractivity contribution in [2.75, 3.05) is 0 Å². The Balaban J connectivity index is 2.47. The minimum atomic E-state index is -0.160. The molecule has 27 heavy (non-hydrogen) atoms. The van der Waals surface area contributed by atoms with E-state index in [4.69, 9.17) is 0 Å². The van der Waals surface area contributed by atoms with Crippen molar-refractivity contribution < 1.29 is 15.3 Å². The minimum Gasteiger partial charge on any atom is -0.507 e. The molecule has 0 fully saturated rings. The van der Waals surface area contributed by atoms with Crippen LogP contribution in [0.1, 0.15) is 76.6 Å². The predicted octanol–water partition coefficient (Wildman–Crippen LogP) is 6.22. The van der Waals surface area contributed by atoms with E-state index in [0.29, 0.717) is 5.75 Å². The van der Waals surface area contributed by atoms with Gasteiger partial charge in [-0.25, -0.2) is 0 Å². The number of benzene rings is 2. The van der Waals surface area contributed by atoms with Crippen molar-refractivity contribution in [3.63, 3.8) is 0 Å². The SMILES string of the molecule is CC(C=Cc1ccc(O)c(O)c1)c1cc(C(C)(C)C)c(O)c(C(C)(C)C)c1. The molecule has 0 saturated carbocycles. The van der Waals surface area contributed by atoms with Gasteiger partial charge in [0.15, 0.2) is 11.5 Å². The van der Waals surface area contributed by atoms with Crippen molar-refractivity contribution in [3.8, 4) is 17.2 Å². The third-order valence-corrected chi connectivity index (χ3v) is 4.85. The largest absolute Gasteiger partial charge is 0.507 e. The van der Waals surface area contributed by atoms with Crippen LogP contribution in [-0.4, -0.2) is 15.3 Å². The molecule has 0 saturated heterocycles. The van der Waals surface area contributed by atoms with E-state index in [1.54, 1.807) is 6.07 Å². The Hall–Kier alpha value is -2.42. The standard InChI is InChI=1S/C24H32O3/c1-15(8-9-16-10-11-20(25)21(26)12-16)17-13-18(23(2,3)4)22(27)19(14-17)24(5,6)7/h8-15,25-27H,1-7H3. The van der Waals surface area contributed by atoms with Crippen LogP contribution in [0.15, 0.2) is 36.4 Å². The molecule has 1 unspecified atom stereocenters. The molecule has 0 aliphatic rings. The van der Waals surface area contributed by atoms with Crippen LogP contribution in [0, 0.1) is 0 Å². The fraction of sp³-hybridized carbons (Fsp3) is 0.417. The predicted molar refractivity (Wildman–Crippen MR) is 113 cm³/mol. The summed E-state index contributed by atoms with van der Waals surface area (Å²) in [5.74, 6) is 0.268. The second-order valence-electron chi connectivity index (χ2n) is 9.36. The molecular formula is C24H32O3. The Morgan fingerprint density at radius 1 is 0.778 bits per heavy atom. The molecule has 2 rings (SSSR count). The normalized spacial score (nSPS) is 13.9. The first-order valence-corrected chi connectivity index (χ1v) is 9.38. The van der Waals surface area contributed by atoms with Gasteiger partial charge in [0, 0.05) is 0 Å². The molecule has 0 aliphatic heterocycles. The molecule has 0 aliphatic carbocycles. The van der Waals surface area contributed by atoms with Gasteiger partial charge in [-0.2, -0.15) is 0 Å². The highest BCUT2D eigenvalue weighted by atomic mass is 16.3. The summed E-state index contributed by atoms with van der Waals surface area (Å²) < 4.78 is 0. The Labute approximate surface area is 163 Å². The quantitative estimate of drug-likeness (QED) is 0.564.